The van der Waals surface area contributed by atoms with Gasteiger partial charge < -0.3 is 19.4 Å². The quantitative estimate of drug-likeness (QED) is 0.725. The molecule has 1 aromatic carbocycles. The number of ether oxygens (including phenoxy) is 2. The van der Waals surface area contributed by atoms with E-state index < -0.39 is 0 Å². The van der Waals surface area contributed by atoms with Gasteiger partial charge in [0.2, 0.25) is 5.91 Å². The summed E-state index contributed by atoms with van der Waals surface area (Å²) in [6, 6.07) is 7.73. The molecule has 3 rings (SSSR count). The summed E-state index contributed by atoms with van der Waals surface area (Å²) in [7, 11) is 3.50. The van der Waals surface area contributed by atoms with Crippen molar-refractivity contribution < 1.29 is 14.3 Å². The van der Waals surface area contributed by atoms with Gasteiger partial charge in [0.05, 0.1) is 12.4 Å². The van der Waals surface area contributed by atoms with Gasteiger partial charge in [-0.15, -0.1) is 10.2 Å². The van der Waals surface area contributed by atoms with Crippen LogP contribution in [0.3, 0.4) is 0 Å². The van der Waals surface area contributed by atoms with Crippen molar-refractivity contribution in [1.29, 1.82) is 0 Å². The van der Waals surface area contributed by atoms with E-state index >= 15 is 0 Å². The normalized spacial score (nSPS) is 14.8. The molecule has 0 spiro atoms. The van der Waals surface area contributed by atoms with Gasteiger partial charge in [0, 0.05) is 13.1 Å². The fourth-order valence-electron chi connectivity index (χ4n) is 2.15. The molecule has 1 aliphatic rings. The van der Waals surface area contributed by atoms with E-state index in [1.54, 1.807) is 7.11 Å². The van der Waals surface area contributed by atoms with E-state index in [4.69, 9.17) is 9.47 Å². The van der Waals surface area contributed by atoms with Gasteiger partial charge in [0.25, 0.3) is 0 Å². The molecule has 1 heterocycles. The smallest absolute Gasteiger partial charge is 0.233 e. The molecule has 1 amide bonds. The zero-order valence-corrected chi connectivity index (χ0v) is 15.4. The molecule has 0 aliphatic heterocycles. The Balaban J connectivity index is 1.55. The lowest BCUT2D eigenvalue weighted by atomic mass is 10.3. The van der Waals surface area contributed by atoms with Gasteiger partial charge in [-0.2, -0.15) is 0 Å². The first-order valence-electron chi connectivity index (χ1n) is 8.19. The highest BCUT2D eigenvalue weighted by atomic mass is 32.2. The van der Waals surface area contributed by atoms with Crippen LogP contribution in [-0.4, -0.2) is 39.1 Å². The molecule has 1 aromatic heterocycles. The van der Waals surface area contributed by atoms with Gasteiger partial charge in [-0.05, 0) is 44.0 Å². The molecule has 134 valence electrons. The summed E-state index contributed by atoms with van der Waals surface area (Å²) in [4.78, 5) is 12.1. The number of benzene rings is 1. The molecule has 1 fully saturated rings. The Hall–Kier alpha value is -2.22. The van der Waals surface area contributed by atoms with Crippen molar-refractivity contribution in [3.8, 4) is 11.5 Å². The van der Waals surface area contributed by atoms with Crippen molar-refractivity contribution in [3.05, 3.63) is 30.1 Å². The lowest BCUT2D eigenvalue weighted by Gasteiger charge is -2.11. The number of aromatic nitrogens is 3. The summed E-state index contributed by atoms with van der Waals surface area (Å²) in [5.74, 6) is 2.26. The van der Waals surface area contributed by atoms with Crippen molar-refractivity contribution in [3.63, 3.8) is 0 Å². The molecule has 0 bridgehead atoms. The monoisotopic (exact) mass is 362 g/mol. The molecule has 0 unspecified atom stereocenters. The second kappa shape index (κ2) is 7.77. The number of amides is 1. The van der Waals surface area contributed by atoms with Crippen LogP contribution in [0.15, 0.2) is 29.4 Å². The maximum Gasteiger partial charge on any atom is 0.233 e. The minimum absolute atomic E-state index is 0.0477. The standard InChI is InChI=1S/C17H22N4O3S/c1-11(16(22)18-12-4-5-12)25-17-20-19-15(21(17)2)10-24-14-8-6-13(23-3)7-9-14/h6-9,11-12H,4-5,10H2,1-3H3,(H,18,22)/t11-/m0/s1. The molecule has 1 aliphatic carbocycles. The lowest BCUT2D eigenvalue weighted by Crippen LogP contribution is -2.32. The van der Waals surface area contributed by atoms with Crippen molar-refractivity contribution in [2.24, 2.45) is 7.05 Å². The minimum Gasteiger partial charge on any atom is -0.497 e. The molecule has 8 heteroatoms. The van der Waals surface area contributed by atoms with E-state index in [0.29, 0.717) is 23.6 Å². The number of rotatable bonds is 8. The number of methoxy groups -OCH3 is 1. The number of thioether (sulfide) groups is 1. The SMILES string of the molecule is COc1ccc(OCc2nnc(S[C@@H](C)C(=O)NC3CC3)n2C)cc1. The fraction of sp³-hybridized carbons (Fsp3) is 0.471. The Bertz CT molecular complexity index is 728. The summed E-state index contributed by atoms with van der Waals surface area (Å²) in [6.45, 7) is 2.18. The van der Waals surface area contributed by atoms with Crippen molar-refractivity contribution in [1.82, 2.24) is 20.1 Å². The van der Waals surface area contributed by atoms with Gasteiger partial charge in [-0.1, -0.05) is 11.8 Å². The maximum absolute atomic E-state index is 12.1. The maximum atomic E-state index is 12.1. The molecule has 1 N–H and O–H groups in total. The van der Waals surface area contributed by atoms with E-state index in [1.807, 2.05) is 42.8 Å². The third-order valence-corrected chi connectivity index (χ3v) is 5.06. The number of hydrogen-bond donors (Lipinski definition) is 1. The second-order valence-corrected chi connectivity index (χ2v) is 7.27. The van der Waals surface area contributed by atoms with Gasteiger partial charge in [-0.3, -0.25) is 4.79 Å². The number of carbonyl (C=O) groups excluding carboxylic acids is 1. The van der Waals surface area contributed by atoms with Crippen molar-refractivity contribution >= 4 is 17.7 Å². The molecule has 0 saturated heterocycles. The van der Waals surface area contributed by atoms with E-state index in [-0.39, 0.29) is 11.2 Å². The summed E-state index contributed by atoms with van der Waals surface area (Å²) in [5.41, 5.74) is 0. The molecule has 0 radical (unpaired) electrons. The summed E-state index contributed by atoms with van der Waals surface area (Å²) in [6.07, 6.45) is 2.17. The first-order valence-corrected chi connectivity index (χ1v) is 9.07. The summed E-state index contributed by atoms with van der Waals surface area (Å²) in [5, 5.41) is 11.8. The van der Waals surface area contributed by atoms with Crippen LogP contribution < -0.4 is 14.8 Å². The molecular weight excluding hydrogens is 340 g/mol. The molecule has 1 saturated carbocycles. The minimum atomic E-state index is -0.209. The highest BCUT2D eigenvalue weighted by molar-refractivity contribution is 8.00. The van der Waals surface area contributed by atoms with E-state index in [2.05, 4.69) is 15.5 Å². The predicted octanol–water partition coefficient (Wildman–Crippen LogP) is 2.16. The molecule has 2 aromatic rings. The van der Waals surface area contributed by atoms with E-state index in [0.717, 1.165) is 24.3 Å². The summed E-state index contributed by atoms with van der Waals surface area (Å²) < 4.78 is 12.7. The second-order valence-electron chi connectivity index (χ2n) is 5.96. The van der Waals surface area contributed by atoms with Crippen LogP contribution in [0.4, 0.5) is 0 Å². The van der Waals surface area contributed by atoms with Crippen LogP contribution in [0.5, 0.6) is 11.5 Å². The van der Waals surface area contributed by atoms with E-state index in [1.165, 1.54) is 11.8 Å². The Morgan fingerprint density at radius 2 is 2.00 bits per heavy atom. The Kier molecular flexibility index (Phi) is 5.47. The van der Waals surface area contributed by atoms with Crippen molar-refractivity contribution in [2.45, 2.75) is 42.8 Å². The van der Waals surface area contributed by atoms with Gasteiger partial charge >= 0.3 is 0 Å². The third-order valence-electron chi connectivity index (χ3n) is 3.93. The number of nitrogens with one attached hydrogen (secondary N) is 1. The first kappa shape index (κ1) is 17.6. The van der Waals surface area contributed by atoms with Gasteiger partial charge in [-0.25, -0.2) is 0 Å². The lowest BCUT2D eigenvalue weighted by molar-refractivity contribution is -0.120. The Labute approximate surface area is 151 Å². The zero-order valence-electron chi connectivity index (χ0n) is 14.6. The Morgan fingerprint density at radius 3 is 2.64 bits per heavy atom. The first-order chi connectivity index (χ1) is 12.1. The molecular formula is C17H22N4O3S. The van der Waals surface area contributed by atoms with Crippen LogP contribution in [0.2, 0.25) is 0 Å². The van der Waals surface area contributed by atoms with Crippen LogP contribution in [0.1, 0.15) is 25.6 Å². The topological polar surface area (TPSA) is 78.3 Å². The summed E-state index contributed by atoms with van der Waals surface area (Å²) >= 11 is 1.40. The number of nitrogens with zero attached hydrogens (tertiary/aromatic N) is 3. The third kappa shape index (κ3) is 4.66. The van der Waals surface area contributed by atoms with Crippen LogP contribution in [0, 0.1) is 0 Å². The van der Waals surface area contributed by atoms with E-state index in [9.17, 15) is 4.79 Å². The number of carbonyl (C=O) groups is 1. The molecule has 1 atom stereocenters. The van der Waals surface area contributed by atoms with Gasteiger partial charge in [0.1, 0.15) is 18.1 Å². The average molecular weight is 362 g/mol. The molecule has 7 nitrogen and oxygen atoms in total. The predicted molar refractivity (Wildman–Crippen MR) is 94.8 cm³/mol. The van der Waals surface area contributed by atoms with Crippen LogP contribution >= 0.6 is 11.8 Å². The Morgan fingerprint density at radius 1 is 1.32 bits per heavy atom. The average Bonchev–Trinajstić information content (AvgIpc) is 3.37. The highest BCUT2D eigenvalue weighted by Gasteiger charge is 2.27. The zero-order chi connectivity index (χ0) is 17.8. The fourth-order valence-corrected chi connectivity index (χ4v) is 2.99. The van der Waals surface area contributed by atoms with Crippen molar-refractivity contribution in [2.75, 3.05) is 7.11 Å². The van der Waals surface area contributed by atoms with Crippen LogP contribution in [-0.2, 0) is 18.4 Å². The number of hydrogen-bond acceptors (Lipinski definition) is 6. The largest absolute Gasteiger partial charge is 0.497 e. The van der Waals surface area contributed by atoms with Gasteiger partial charge in [0.15, 0.2) is 11.0 Å². The van der Waals surface area contributed by atoms with Crippen LogP contribution in [0.25, 0.3) is 0 Å². The highest BCUT2D eigenvalue weighted by Crippen LogP contribution is 2.24. The molecule has 25 heavy (non-hydrogen) atoms.